The number of halogens is 2. The molecule has 0 saturated carbocycles. The second-order valence-corrected chi connectivity index (χ2v) is 3.95. The first-order chi connectivity index (χ1) is 7.08. The molecule has 0 atom stereocenters. The smallest absolute Gasteiger partial charge is 0.387 e. The molecular weight excluding hydrogens is 222 g/mol. The van der Waals surface area contributed by atoms with Gasteiger partial charge in [0.25, 0.3) is 0 Å². The molecular formula is C10H10F2O2S. The minimum Gasteiger partial charge on any atom is -0.435 e. The number of rotatable bonds is 4. The Balaban J connectivity index is 2.52. The van der Waals surface area contributed by atoms with Gasteiger partial charge in [-0.3, -0.25) is 4.79 Å². The Morgan fingerprint density at radius 1 is 1.40 bits per heavy atom. The van der Waals surface area contributed by atoms with Gasteiger partial charge >= 0.3 is 6.61 Å². The van der Waals surface area contributed by atoms with Gasteiger partial charge in [0.1, 0.15) is 5.75 Å². The van der Waals surface area contributed by atoms with Crippen molar-refractivity contribution in [3.05, 3.63) is 29.8 Å². The van der Waals surface area contributed by atoms with Crippen molar-refractivity contribution in [3.8, 4) is 5.75 Å². The van der Waals surface area contributed by atoms with Crippen LogP contribution in [0.25, 0.3) is 0 Å². The van der Waals surface area contributed by atoms with E-state index in [2.05, 4.69) is 4.74 Å². The van der Waals surface area contributed by atoms with Crippen LogP contribution in [-0.2, 0) is 10.5 Å². The molecule has 5 heteroatoms. The molecule has 1 aromatic carbocycles. The van der Waals surface area contributed by atoms with Crippen molar-refractivity contribution in [2.75, 3.05) is 0 Å². The summed E-state index contributed by atoms with van der Waals surface area (Å²) < 4.78 is 27.8. The van der Waals surface area contributed by atoms with E-state index >= 15 is 0 Å². The fraction of sp³-hybridized carbons (Fsp3) is 0.300. The number of hydrogen-bond donors (Lipinski definition) is 0. The first-order valence-electron chi connectivity index (χ1n) is 4.25. The molecule has 0 heterocycles. The maximum absolute atomic E-state index is 11.8. The Bertz CT molecular complexity index is 325. The van der Waals surface area contributed by atoms with E-state index in [1.807, 2.05) is 0 Å². The summed E-state index contributed by atoms with van der Waals surface area (Å²) in [7, 11) is 0. The zero-order valence-corrected chi connectivity index (χ0v) is 8.89. The Hall–Kier alpha value is -1.10. The molecule has 0 amide bonds. The summed E-state index contributed by atoms with van der Waals surface area (Å²) in [6.45, 7) is -1.32. The van der Waals surface area contributed by atoms with Crippen molar-refractivity contribution in [1.82, 2.24) is 0 Å². The van der Waals surface area contributed by atoms with Crippen LogP contribution in [0.2, 0.25) is 0 Å². The molecule has 82 valence electrons. The molecule has 0 spiro atoms. The zero-order chi connectivity index (χ0) is 11.3. The summed E-state index contributed by atoms with van der Waals surface area (Å²) in [5.74, 6) is 0.672. The van der Waals surface area contributed by atoms with E-state index in [1.54, 1.807) is 12.1 Å². The van der Waals surface area contributed by atoms with Crippen molar-refractivity contribution < 1.29 is 18.3 Å². The molecule has 0 radical (unpaired) electrons. The van der Waals surface area contributed by atoms with E-state index in [4.69, 9.17) is 0 Å². The Morgan fingerprint density at radius 3 is 2.47 bits per heavy atom. The van der Waals surface area contributed by atoms with Crippen LogP contribution >= 0.6 is 11.8 Å². The number of carbonyl (C=O) groups excluding carboxylic acids is 1. The molecule has 0 bridgehead atoms. The lowest BCUT2D eigenvalue weighted by Crippen LogP contribution is -2.01. The standard InChI is InChI=1S/C10H10F2O2S/c1-7(13)15-6-8-2-4-9(5-3-8)14-10(11)12/h2-5,10H,6H2,1H3. The van der Waals surface area contributed by atoms with Crippen LogP contribution in [0.5, 0.6) is 5.75 Å². The Labute approximate surface area is 90.6 Å². The molecule has 0 aliphatic heterocycles. The number of hydrogen-bond acceptors (Lipinski definition) is 3. The molecule has 2 nitrogen and oxygen atoms in total. The van der Waals surface area contributed by atoms with Gasteiger partial charge in [0.05, 0.1) is 0 Å². The van der Waals surface area contributed by atoms with Crippen LogP contribution in [0.3, 0.4) is 0 Å². The van der Waals surface area contributed by atoms with Crippen molar-refractivity contribution >= 4 is 16.9 Å². The average Bonchev–Trinajstić information content (AvgIpc) is 2.16. The van der Waals surface area contributed by atoms with Gasteiger partial charge in [-0.1, -0.05) is 23.9 Å². The van der Waals surface area contributed by atoms with Crippen molar-refractivity contribution in [3.63, 3.8) is 0 Å². The summed E-state index contributed by atoms with van der Waals surface area (Å²) >= 11 is 1.18. The third kappa shape index (κ3) is 4.78. The van der Waals surface area contributed by atoms with Crippen LogP contribution in [0.4, 0.5) is 8.78 Å². The van der Waals surface area contributed by atoms with Crippen molar-refractivity contribution in [2.24, 2.45) is 0 Å². The van der Waals surface area contributed by atoms with Crippen LogP contribution in [0.15, 0.2) is 24.3 Å². The minimum absolute atomic E-state index is 0.0305. The van der Waals surface area contributed by atoms with Gasteiger partial charge < -0.3 is 4.74 Å². The van der Waals surface area contributed by atoms with Gasteiger partial charge in [-0.2, -0.15) is 8.78 Å². The van der Waals surface area contributed by atoms with E-state index in [0.29, 0.717) is 5.75 Å². The molecule has 0 aromatic heterocycles. The SMILES string of the molecule is CC(=O)SCc1ccc(OC(F)F)cc1. The molecule has 15 heavy (non-hydrogen) atoms. The number of thioether (sulfide) groups is 1. The number of alkyl halides is 2. The fourth-order valence-corrected chi connectivity index (χ4v) is 1.51. The lowest BCUT2D eigenvalue weighted by atomic mass is 10.2. The molecule has 0 fully saturated rings. The monoisotopic (exact) mass is 232 g/mol. The van der Waals surface area contributed by atoms with E-state index in [-0.39, 0.29) is 10.9 Å². The highest BCUT2D eigenvalue weighted by atomic mass is 32.2. The molecule has 0 N–H and O–H groups in total. The summed E-state index contributed by atoms with van der Waals surface area (Å²) in [6, 6.07) is 6.24. The topological polar surface area (TPSA) is 26.3 Å². The lowest BCUT2D eigenvalue weighted by molar-refractivity contribution is -0.109. The zero-order valence-electron chi connectivity index (χ0n) is 8.07. The lowest BCUT2D eigenvalue weighted by Gasteiger charge is -2.04. The number of carbonyl (C=O) groups is 1. The largest absolute Gasteiger partial charge is 0.435 e. The van der Waals surface area contributed by atoms with Crippen molar-refractivity contribution in [2.45, 2.75) is 19.3 Å². The van der Waals surface area contributed by atoms with E-state index in [9.17, 15) is 13.6 Å². The van der Waals surface area contributed by atoms with Crippen molar-refractivity contribution in [1.29, 1.82) is 0 Å². The van der Waals surface area contributed by atoms with Gasteiger partial charge in [0, 0.05) is 12.7 Å². The Morgan fingerprint density at radius 2 is 2.00 bits per heavy atom. The summed E-state index contributed by atoms with van der Waals surface area (Å²) in [5.41, 5.74) is 0.900. The van der Waals surface area contributed by atoms with Gasteiger partial charge in [0.2, 0.25) is 0 Å². The van der Waals surface area contributed by atoms with Gasteiger partial charge in [0.15, 0.2) is 5.12 Å². The highest BCUT2D eigenvalue weighted by molar-refractivity contribution is 8.12. The highest BCUT2D eigenvalue weighted by Crippen LogP contribution is 2.18. The molecule has 0 unspecified atom stereocenters. The number of ether oxygens (including phenoxy) is 1. The molecule has 0 saturated heterocycles. The average molecular weight is 232 g/mol. The Kier molecular flexibility index (Phi) is 4.55. The van der Waals surface area contributed by atoms with Crippen LogP contribution in [-0.4, -0.2) is 11.7 Å². The maximum Gasteiger partial charge on any atom is 0.387 e. The molecule has 1 rings (SSSR count). The number of benzene rings is 1. The van der Waals surface area contributed by atoms with E-state index in [0.717, 1.165) is 5.56 Å². The summed E-state index contributed by atoms with van der Waals surface area (Å²) in [6.07, 6.45) is 0. The second kappa shape index (κ2) is 5.70. The molecule has 1 aromatic rings. The van der Waals surface area contributed by atoms with Crippen LogP contribution in [0, 0.1) is 0 Å². The maximum atomic E-state index is 11.8. The van der Waals surface area contributed by atoms with E-state index < -0.39 is 6.61 Å². The predicted octanol–water partition coefficient (Wildman–Crippen LogP) is 3.07. The van der Waals surface area contributed by atoms with Gasteiger partial charge in [-0.25, -0.2) is 0 Å². The minimum atomic E-state index is -2.80. The summed E-state index contributed by atoms with van der Waals surface area (Å²) in [4.78, 5) is 10.7. The normalized spacial score (nSPS) is 10.4. The quantitative estimate of drug-likeness (QED) is 0.798. The first kappa shape index (κ1) is 12.0. The first-order valence-corrected chi connectivity index (χ1v) is 5.23. The fourth-order valence-electron chi connectivity index (χ4n) is 0.952. The van der Waals surface area contributed by atoms with Crippen LogP contribution in [0.1, 0.15) is 12.5 Å². The third-order valence-corrected chi connectivity index (χ3v) is 2.47. The predicted molar refractivity (Wildman–Crippen MR) is 55.1 cm³/mol. The third-order valence-electron chi connectivity index (χ3n) is 1.59. The second-order valence-electron chi connectivity index (χ2n) is 2.80. The summed E-state index contributed by atoms with van der Waals surface area (Å²) in [5, 5.41) is 0.0305. The highest BCUT2D eigenvalue weighted by Gasteiger charge is 2.03. The van der Waals surface area contributed by atoms with Gasteiger partial charge in [-0.05, 0) is 17.7 Å². The van der Waals surface area contributed by atoms with Gasteiger partial charge in [-0.15, -0.1) is 0 Å². The molecule has 0 aliphatic rings. The van der Waals surface area contributed by atoms with E-state index in [1.165, 1.54) is 30.8 Å². The van der Waals surface area contributed by atoms with Crippen LogP contribution < -0.4 is 4.74 Å². The molecule has 0 aliphatic carbocycles.